The predicted molar refractivity (Wildman–Crippen MR) is 63.0 cm³/mol. The van der Waals surface area contributed by atoms with Gasteiger partial charge in [0.2, 0.25) is 0 Å². The molecule has 0 aromatic heterocycles. The van der Waals surface area contributed by atoms with Crippen LogP contribution in [0.3, 0.4) is 0 Å². The van der Waals surface area contributed by atoms with E-state index >= 15 is 0 Å². The number of Topliss-reactive ketones (excluding diaryl/α,β-unsaturated/α-hetero) is 1. The van der Waals surface area contributed by atoms with Crippen LogP contribution in [0.4, 0.5) is 4.39 Å². The number of aryl methyl sites for hydroxylation is 1. The first-order valence-corrected chi connectivity index (χ1v) is 5.67. The molecule has 0 unspecified atom stereocenters. The third kappa shape index (κ3) is 2.03. The van der Waals surface area contributed by atoms with Gasteiger partial charge in [0.05, 0.1) is 0 Å². The standard InChI is InChI=1S/C13H12ClFO/c1-8-6-12(15)10(7-11(8)14)9-4-2-3-5-13(9)16/h4,6-7H,2-3,5H2,1H3. The Bertz CT molecular complexity index is 477. The van der Waals surface area contributed by atoms with Gasteiger partial charge in [-0.3, -0.25) is 4.79 Å². The Morgan fingerprint density at radius 3 is 2.81 bits per heavy atom. The average Bonchev–Trinajstić information content (AvgIpc) is 2.25. The van der Waals surface area contributed by atoms with Gasteiger partial charge in [0, 0.05) is 22.6 Å². The van der Waals surface area contributed by atoms with Crippen molar-refractivity contribution in [3.05, 3.63) is 40.2 Å². The number of allylic oxidation sites excluding steroid dienone is 2. The van der Waals surface area contributed by atoms with Crippen molar-refractivity contribution in [1.82, 2.24) is 0 Å². The zero-order valence-electron chi connectivity index (χ0n) is 9.02. The first kappa shape index (κ1) is 11.3. The van der Waals surface area contributed by atoms with Gasteiger partial charge in [-0.15, -0.1) is 0 Å². The van der Waals surface area contributed by atoms with E-state index in [1.165, 1.54) is 6.07 Å². The number of carbonyl (C=O) groups is 1. The third-order valence-electron chi connectivity index (χ3n) is 2.80. The highest BCUT2D eigenvalue weighted by Crippen LogP contribution is 2.29. The number of rotatable bonds is 1. The van der Waals surface area contributed by atoms with Gasteiger partial charge in [-0.25, -0.2) is 4.39 Å². The molecule has 1 nitrogen and oxygen atoms in total. The summed E-state index contributed by atoms with van der Waals surface area (Å²) in [6.45, 7) is 1.74. The smallest absolute Gasteiger partial charge is 0.163 e. The summed E-state index contributed by atoms with van der Waals surface area (Å²) in [7, 11) is 0. The topological polar surface area (TPSA) is 17.1 Å². The number of benzene rings is 1. The summed E-state index contributed by atoms with van der Waals surface area (Å²) < 4.78 is 13.7. The van der Waals surface area contributed by atoms with Crippen LogP contribution < -0.4 is 0 Å². The molecule has 0 atom stereocenters. The predicted octanol–water partition coefficient (Wildman–Crippen LogP) is 3.92. The van der Waals surface area contributed by atoms with E-state index < -0.39 is 0 Å². The van der Waals surface area contributed by atoms with Gasteiger partial charge in [-0.2, -0.15) is 0 Å². The fourth-order valence-corrected chi connectivity index (χ4v) is 2.03. The molecule has 0 fully saturated rings. The van der Waals surface area contributed by atoms with Crippen molar-refractivity contribution in [2.75, 3.05) is 0 Å². The van der Waals surface area contributed by atoms with Crippen LogP contribution in [0, 0.1) is 12.7 Å². The third-order valence-corrected chi connectivity index (χ3v) is 3.20. The second-order valence-electron chi connectivity index (χ2n) is 4.01. The molecule has 0 heterocycles. The zero-order chi connectivity index (χ0) is 11.7. The zero-order valence-corrected chi connectivity index (χ0v) is 9.77. The maximum absolute atomic E-state index is 13.7. The minimum Gasteiger partial charge on any atom is -0.294 e. The van der Waals surface area contributed by atoms with Gasteiger partial charge < -0.3 is 0 Å². The molecular weight excluding hydrogens is 227 g/mol. The maximum atomic E-state index is 13.7. The fraction of sp³-hybridized carbons (Fsp3) is 0.308. The van der Waals surface area contributed by atoms with Crippen molar-refractivity contribution in [3.63, 3.8) is 0 Å². The summed E-state index contributed by atoms with van der Waals surface area (Å²) in [6, 6.07) is 2.92. The summed E-state index contributed by atoms with van der Waals surface area (Å²) >= 11 is 5.95. The van der Waals surface area contributed by atoms with E-state index in [1.807, 2.05) is 0 Å². The van der Waals surface area contributed by atoms with E-state index in [-0.39, 0.29) is 11.6 Å². The Labute approximate surface area is 98.9 Å². The molecule has 84 valence electrons. The van der Waals surface area contributed by atoms with E-state index in [4.69, 9.17) is 11.6 Å². The lowest BCUT2D eigenvalue weighted by molar-refractivity contribution is -0.114. The molecule has 0 N–H and O–H groups in total. The first-order valence-electron chi connectivity index (χ1n) is 5.29. The van der Waals surface area contributed by atoms with Crippen molar-refractivity contribution >= 4 is 23.0 Å². The van der Waals surface area contributed by atoms with Crippen molar-refractivity contribution in [2.24, 2.45) is 0 Å². The van der Waals surface area contributed by atoms with Crippen molar-refractivity contribution < 1.29 is 9.18 Å². The van der Waals surface area contributed by atoms with Gasteiger partial charge in [-0.05, 0) is 37.5 Å². The van der Waals surface area contributed by atoms with Crippen molar-refractivity contribution in [3.8, 4) is 0 Å². The minimum absolute atomic E-state index is 0.00469. The summed E-state index contributed by atoms with van der Waals surface area (Å²) in [5.41, 5.74) is 1.50. The lowest BCUT2D eigenvalue weighted by Crippen LogP contribution is -2.07. The molecule has 2 rings (SSSR count). The van der Waals surface area contributed by atoms with Gasteiger partial charge in [-0.1, -0.05) is 17.7 Å². The van der Waals surface area contributed by atoms with Crippen molar-refractivity contribution in [2.45, 2.75) is 26.2 Å². The number of hydrogen-bond acceptors (Lipinski definition) is 1. The van der Waals surface area contributed by atoms with Crippen LogP contribution in [0.15, 0.2) is 18.2 Å². The lowest BCUT2D eigenvalue weighted by Gasteiger charge is -2.13. The van der Waals surface area contributed by atoms with Gasteiger partial charge >= 0.3 is 0 Å². The van der Waals surface area contributed by atoms with E-state index in [9.17, 15) is 9.18 Å². The SMILES string of the molecule is Cc1cc(F)c(C2=CCCCC2=O)cc1Cl. The summed E-state index contributed by atoms with van der Waals surface area (Å²) in [5, 5.41) is 0.496. The van der Waals surface area contributed by atoms with Gasteiger partial charge in [0.25, 0.3) is 0 Å². The highest BCUT2D eigenvalue weighted by Gasteiger charge is 2.19. The first-order chi connectivity index (χ1) is 7.59. The largest absolute Gasteiger partial charge is 0.294 e. The van der Waals surface area contributed by atoms with E-state index in [2.05, 4.69) is 0 Å². The Morgan fingerprint density at radius 1 is 1.38 bits per heavy atom. The molecule has 16 heavy (non-hydrogen) atoms. The maximum Gasteiger partial charge on any atom is 0.163 e. The fourth-order valence-electron chi connectivity index (χ4n) is 1.87. The van der Waals surface area contributed by atoms with E-state index in [0.717, 1.165) is 12.8 Å². The van der Waals surface area contributed by atoms with Gasteiger partial charge in [0.1, 0.15) is 5.82 Å². The number of hydrogen-bond donors (Lipinski definition) is 0. The van der Waals surface area contributed by atoms with E-state index in [0.29, 0.717) is 28.1 Å². The molecule has 0 spiro atoms. The molecule has 1 aromatic rings. The summed E-state index contributed by atoms with van der Waals surface area (Å²) in [6.07, 6.45) is 3.97. The number of halogens is 2. The summed E-state index contributed by atoms with van der Waals surface area (Å²) in [4.78, 5) is 11.7. The monoisotopic (exact) mass is 238 g/mol. The molecule has 0 bridgehead atoms. The van der Waals surface area contributed by atoms with E-state index in [1.54, 1.807) is 19.1 Å². The molecular formula is C13H12ClFO. The number of ketones is 1. The van der Waals surface area contributed by atoms with Gasteiger partial charge in [0.15, 0.2) is 5.78 Å². The molecule has 3 heteroatoms. The van der Waals surface area contributed by atoms with Crippen LogP contribution in [0.25, 0.3) is 5.57 Å². The number of carbonyl (C=O) groups excluding carboxylic acids is 1. The molecule has 1 aliphatic rings. The Kier molecular flexibility index (Phi) is 3.10. The quantitative estimate of drug-likeness (QED) is 0.725. The van der Waals surface area contributed by atoms with Crippen LogP contribution in [-0.4, -0.2) is 5.78 Å². The minimum atomic E-state index is -0.372. The van der Waals surface area contributed by atoms with Crippen molar-refractivity contribution in [1.29, 1.82) is 0 Å². The Morgan fingerprint density at radius 2 is 2.12 bits per heavy atom. The van der Waals surface area contributed by atoms with Crippen LogP contribution in [-0.2, 0) is 4.79 Å². The van der Waals surface area contributed by atoms with Crippen LogP contribution >= 0.6 is 11.6 Å². The molecule has 0 saturated carbocycles. The molecule has 0 saturated heterocycles. The summed E-state index contributed by atoms with van der Waals surface area (Å²) in [5.74, 6) is -0.367. The lowest BCUT2D eigenvalue weighted by atomic mass is 9.92. The highest BCUT2D eigenvalue weighted by molar-refractivity contribution is 6.32. The molecule has 1 aromatic carbocycles. The van der Waals surface area contributed by atoms with Crippen LogP contribution in [0.2, 0.25) is 5.02 Å². The normalized spacial score (nSPS) is 16.2. The molecule has 0 radical (unpaired) electrons. The Balaban J connectivity index is 2.51. The second kappa shape index (κ2) is 4.38. The van der Waals surface area contributed by atoms with Crippen LogP contribution in [0.1, 0.15) is 30.4 Å². The molecule has 0 amide bonds. The Hall–Kier alpha value is -1.15. The highest BCUT2D eigenvalue weighted by atomic mass is 35.5. The molecule has 1 aliphatic carbocycles. The van der Waals surface area contributed by atoms with Crippen LogP contribution in [0.5, 0.6) is 0 Å². The molecule has 0 aliphatic heterocycles. The second-order valence-corrected chi connectivity index (χ2v) is 4.42. The average molecular weight is 239 g/mol.